The summed E-state index contributed by atoms with van der Waals surface area (Å²) in [5.41, 5.74) is 4.80. The van der Waals surface area contributed by atoms with E-state index < -0.39 is 0 Å². The van der Waals surface area contributed by atoms with Crippen molar-refractivity contribution in [2.75, 3.05) is 25.5 Å². The highest BCUT2D eigenvalue weighted by Gasteiger charge is 2.29. The Labute approximate surface area is 144 Å². The molecule has 0 atom stereocenters. The van der Waals surface area contributed by atoms with Gasteiger partial charge in [0.15, 0.2) is 23.0 Å². The SMILES string of the molecule is CN1Cc2c(ccc3c2OCO3)-c2ccc3cc4c(cc3c21)OCO4. The quantitative estimate of drug-likeness (QED) is 0.624. The fourth-order valence-electron chi connectivity index (χ4n) is 4.08. The van der Waals surface area contributed by atoms with Crippen LogP contribution in [0.15, 0.2) is 36.4 Å². The highest BCUT2D eigenvalue weighted by molar-refractivity contribution is 6.05. The molecule has 0 aromatic heterocycles. The first-order valence-electron chi connectivity index (χ1n) is 8.29. The van der Waals surface area contributed by atoms with Crippen molar-refractivity contribution in [3.05, 3.63) is 42.0 Å². The van der Waals surface area contributed by atoms with E-state index in [4.69, 9.17) is 18.9 Å². The van der Waals surface area contributed by atoms with Gasteiger partial charge in [-0.15, -0.1) is 0 Å². The average molecular weight is 333 g/mol. The molecule has 0 aliphatic carbocycles. The summed E-state index contributed by atoms with van der Waals surface area (Å²) in [5.74, 6) is 3.33. The zero-order valence-electron chi connectivity index (χ0n) is 13.7. The lowest BCUT2D eigenvalue weighted by atomic mass is 9.90. The van der Waals surface area contributed by atoms with Gasteiger partial charge in [0.2, 0.25) is 13.6 Å². The van der Waals surface area contributed by atoms with Crippen LogP contribution in [0.4, 0.5) is 5.69 Å². The van der Waals surface area contributed by atoms with Crippen LogP contribution in [-0.2, 0) is 6.54 Å². The molecule has 0 radical (unpaired) electrons. The molecular formula is C20H15NO4. The van der Waals surface area contributed by atoms with Crippen LogP contribution < -0.4 is 23.8 Å². The lowest BCUT2D eigenvalue weighted by molar-refractivity contribution is 0.173. The van der Waals surface area contributed by atoms with Gasteiger partial charge >= 0.3 is 0 Å². The molecule has 5 nitrogen and oxygen atoms in total. The molecule has 0 unspecified atom stereocenters. The predicted molar refractivity (Wildman–Crippen MR) is 93.7 cm³/mol. The third-order valence-corrected chi connectivity index (χ3v) is 5.19. The minimum absolute atomic E-state index is 0.288. The number of fused-ring (bicyclic) bond motifs is 8. The largest absolute Gasteiger partial charge is 0.454 e. The Morgan fingerprint density at radius 1 is 0.800 bits per heavy atom. The highest BCUT2D eigenvalue weighted by atomic mass is 16.7. The summed E-state index contributed by atoms with van der Waals surface area (Å²) in [7, 11) is 2.11. The molecule has 0 saturated carbocycles. The molecule has 0 saturated heterocycles. The van der Waals surface area contributed by atoms with Crippen molar-refractivity contribution in [1.82, 2.24) is 0 Å². The third kappa shape index (κ3) is 1.67. The molecule has 0 fully saturated rings. The second-order valence-corrected chi connectivity index (χ2v) is 6.57. The van der Waals surface area contributed by atoms with Crippen LogP contribution in [0, 0.1) is 0 Å². The Kier molecular flexibility index (Phi) is 2.39. The third-order valence-electron chi connectivity index (χ3n) is 5.19. The normalized spacial score (nSPS) is 16.1. The van der Waals surface area contributed by atoms with E-state index in [1.165, 1.54) is 27.8 Å². The van der Waals surface area contributed by atoms with Crippen LogP contribution in [-0.4, -0.2) is 20.6 Å². The lowest BCUT2D eigenvalue weighted by Crippen LogP contribution is -2.22. The van der Waals surface area contributed by atoms with Gasteiger partial charge in [0, 0.05) is 30.1 Å². The molecule has 3 aromatic carbocycles. The van der Waals surface area contributed by atoms with Gasteiger partial charge in [-0.1, -0.05) is 12.1 Å². The van der Waals surface area contributed by atoms with Gasteiger partial charge in [-0.05, 0) is 35.2 Å². The van der Waals surface area contributed by atoms with Gasteiger partial charge < -0.3 is 23.8 Å². The van der Waals surface area contributed by atoms with Gasteiger partial charge in [0.25, 0.3) is 0 Å². The van der Waals surface area contributed by atoms with Crippen molar-refractivity contribution in [2.24, 2.45) is 0 Å². The molecule has 0 bridgehead atoms. The summed E-state index contributed by atoms with van der Waals surface area (Å²) >= 11 is 0. The van der Waals surface area contributed by atoms with Crippen molar-refractivity contribution in [2.45, 2.75) is 6.54 Å². The minimum atomic E-state index is 0.288. The number of hydrogen-bond donors (Lipinski definition) is 0. The summed E-state index contributed by atoms with van der Waals surface area (Å²) in [5, 5.41) is 2.33. The van der Waals surface area contributed by atoms with Crippen molar-refractivity contribution < 1.29 is 18.9 Å². The Bertz CT molecular complexity index is 1060. The summed E-state index contributed by atoms with van der Waals surface area (Å²) in [4.78, 5) is 2.27. The number of rotatable bonds is 0. The second kappa shape index (κ2) is 4.51. The van der Waals surface area contributed by atoms with E-state index in [0.717, 1.165) is 34.9 Å². The topological polar surface area (TPSA) is 40.2 Å². The number of hydrogen-bond acceptors (Lipinski definition) is 5. The van der Waals surface area contributed by atoms with Gasteiger partial charge in [0.1, 0.15) is 0 Å². The number of ether oxygens (including phenoxy) is 4. The maximum atomic E-state index is 5.72. The summed E-state index contributed by atoms with van der Waals surface area (Å²) in [6, 6.07) is 12.6. The first-order valence-corrected chi connectivity index (χ1v) is 8.29. The van der Waals surface area contributed by atoms with Gasteiger partial charge in [0.05, 0.1) is 5.69 Å². The van der Waals surface area contributed by atoms with Crippen molar-refractivity contribution in [3.8, 4) is 34.1 Å². The Hall–Kier alpha value is -3.08. The molecule has 124 valence electrons. The number of anilines is 1. The molecular weight excluding hydrogens is 318 g/mol. The van der Waals surface area contributed by atoms with Gasteiger partial charge in [-0.3, -0.25) is 0 Å². The molecule has 0 N–H and O–H groups in total. The monoisotopic (exact) mass is 333 g/mol. The van der Waals surface area contributed by atoms with E-state index in [1.807, 2.05) is 6.07 Å². The maximum Gasteiger partial charge on any atom is 0.231 e. The van der Waals surface area contributed by atoms with Crippen LogP contribution in [0.3, 0.4) is 0 Å². The Morgan fingerprint density at radius 2 is 1.56 bits per heavy atom. The smallest absolute Gasteiger partial charge is 0.231 e. The fraction of sp³-hybridized carbons (Fsp3) is 0.200. The van der Waals surface area contributed by atoms with Crippen molar-refractivity contribution in [1.29, 1.82) is 0 Å². The van der Waals surface area contributed by atoms with Gasteiger partial charge in [-0.25, -0.2) is 0 Å². The summed E-state index contributed by atoms with van der Waals surface area (Å²) in [6.45, 7) is 1.36. The zero-order valence-corrected chi connectivity index (χ0v) is 13.7. The fourth-order valence-corrected chi connectivity index (χ4v) is 4.08. The second-order valence-electron chi connectivity index (χ2n) is 6.57. The molecule has 3 heterocycles. The molecule has 6 rings (SSSR count). The van der Waals surface area contributed by atoms with Crippen LogP contribution in [0.1, 0.15) is 5.56 Å². The van der Waals surface area contributed by atoms with E-state index in [2.05, 4.69) is 42.3 Å². The lowest BCUT2D eigenvalue weighted by Gasteiger charge is -2.31. The number of benzene rings is 3. The zero-order chi connectivity index (χ0) is 16.5. The molecule has 25 heavy (non-hydrogen) atoms. The maximum absolute atomic E-state index is 5.72. The molecule has 5 heteroatoms. The standard InChI is InChI=1S/C20H15NO4/c1-21-8-15-12(4-5-16-20(15)25-10-22-16)13-3-2-11-6-17-18(24-9-23-17)7-14(11)19(13)21/h2-7H,8-10H2,1H3. The van der Waals surface area contributed by atoms with Crippen molar-refractivity contribution >= 4 is 16.5 Å². The van der Waals surface area contributed by atoms with Crippen LogP contribution in [0.5, 0.6) is 23.0 Å². The molecule has 0 spiro atoms. The molecule has 0 amide bonds. The van der Waals surface area contributed by atoms with Crippen LogP contribution >= 0.6 is 0 Å². The Balaban J connectivity index is 1.66. The first-order chi connectivity index (χ1) is 12.3. The van der Waals surface area contributed by atoms with E-state index >= 15 is 0 Å². The first kappa shape index (κ1) is 13.2. The van der Waals surface area contributed by atoms with Crippen LogP contribution in [0.2, 0.25) is 0 Å². The van der Waals surface area contributed by atoms with E-state index in [-0.39, 0.29) is 6.79 Å². The highest BCUT2D eigenvalue weighted by Crippen LogP contribution is 2.50. The number of nitrogens with zero attached hydrogens (tertiary/aromatic N) is 1. The molecule has 3 aliphatic heterocycles. The summed E-state index contributed by atoms with van der Waals surface area (Å²) in [6.07, 6.45) is 0. The average Bonchev–Trinajstić information content (AvgIpc) is 3.28. The van der Waals surface area contributed by atoms with Crippen molar-refractivity contribution in [3.63, 3.8) is 0 Å². The molecule has 3 aromatic rings. The minimum Gasteiger partial charge on any atom is -0.454 e. The molecule has 3 aliphatic rings. The predicted octanol–water partition coefficient (Wildman–Crippen LogP) is 3.91. The summed E-state index contributed by atoms with van der Waals surface area (Å²) < 4.78 is 22.4. The van der Waals surface area contributed by atoms with Gasteiger partial charge in [-0.2, -0.15) is 0 Å². The van der Waals surface area contributed by atoms with E-state index in [1.54, 1.807) is 0 Å². The van der Waals surface area contributed by atoms with E-state index in [9.17, 15) is 0 Å². The van der Waals surface area contributed by atoms with E-state index in [0.29, 0.717) is 6.79 Å². The van der Waals surface area contributed by atoms with Crippen LogP contribution in [0.25, 0.3) is 21.9 Å². The Morgan fingerprint density at radius 3 is 2.48 bits per heavy atom.